The molecular formula is C19H18Cl2FN3O3S. The van der Waals surface area contributed by atoms with Crippen LogP contribution < -0.4 is 9.46 Å². The Morgan fingerprint density at radius 3 is 2.48 bits per heavy atom. The monoisotopic (exact) mass is 457 g/mol. The van der Waals surface area contributed by atoms with E-state index in [1.807, 2.05) is 6.92 Å². The van der Waals surface area contributed by atoms with Gasteiger partial charge in [-0.3, -0.25) is 4.57 Å². The normalized spacial score (nSPS) is 12.7. The van der Waals surface area contributed by atoms with Crippen LogP contribution in [0.3, 0.4) is 0 Å². The second kappa shape index (κ2) is 8.71. The van der Waals surface area contributed by atoms with E-state index in [9.17, 15) is 12.8 Å². The van der Waals surface area contributed by atoms with Crippen molar-refractivity contribution in [1.82, 2.24) is 14.3 Å². The Hall–Kier alpha value is -2.13. The topological polar surface area (TPSA) is 73.2 Å². The third-order valence-electron chi connectivity index (χ3n) is 4.17. The number of nitrogens with zero attached hydrogens (tertiary/aromatic N) is 2. The van der Waals surface area contributed by atoms with E-state index in [0.29, 0.717) is 18.0 Å². The van der Waals surface area contributed by atoms with Gasteiger partial charge in [0.25, 0.3) is 0 Å². The maximum Gasteiger partial charge on any atom is 0.302 e. The van der Waals surface area contributed by atoms with Crippen molar-refractivity contribution in [3.63, 3.8) is 0 Å². The molecule has 3 aromatic rings. The highest BCUT2D eigenvalue weighted by Gasteiger charge is 2.23. The van der Waals surface area contributed by atoms with Gasteiger partial charge in [0.15, 0.2) is 0 Å². The van der Waals surface area contributed by atoms with Crippen LogP contribution in [0.1, 0.15) is 25.6 Å². The highest BCUT2D eigenvalue weighted by Crippen LogP contribution is 2.28. The molecule has 0 saturated carbocycles. The largest absolute Gasteiger partial charge is 0.426 e. The van der Waals surface area contributed by atoms with Gasteiger partial charge in [0.05, 0.1) is 32.9 Å². The predicted octanol–water partition coefficient (Wildman–Crippen LogP) is 5.18. The molecule has 1 heterocycles. The molecule has 2 aromatic carbocycles. The molecule has 0 bridgehead atoms. The molecule has 1 N–H and O–H groups in total. The van der Waals surface area contributed by atoms with E-state index >= 15 is 0 Å². The number of imidazole rings is 1. The Morgan fingerprint density at radius 2 is 1.86 bits per heavy atom. The van der Waals surface area contributed by atoms with E-state index in [1.54, 1.807) is 11.5 Å². The molecule has 3 rings (SSSR count). The summed E-state index contributed by atoms with van der Waals surface area (Å²) in [6, 6.07) is 9.30. The second-order valence-corrected chi connectivity index (χ2v) is 8.71. The third-order valence-corrected chi connectivity index (χ3v) is 6.44. The van der Waals surface area contributed by atoms with Crippen LogP contribution in [0.5, 0.6) is 11.8 Å². The Labute approximate surface area is 178 Å². The molecule has 29 heavy (non-hydrogen) atoms. The summed E-state index contributed by atoms with van der Waals surface area (Å²) < 4.78 is 48.5. The first-order valence-corrected chi connectivity index (χ1v) is 10.9. The van der Waals surface area contributed by atoms with Gasteiger partial charge < -0.3 is 4.74 Å². The van der Waals surface area contributed by atoms with Crippen LogP contribution in [0.4, 0.5) is 4.39 Å². The summed E-state index contributed by atoms with van der Waals surface area (Å²) in [5.74, 6) is 0.0458. The number of rotatable bonds is 7. The van der Waals surface area contributed by atoms with E-state index in [-0.39, 0.29) is 26.8 Å². The molecule has 1 atom stereocenters. The molecule has 0 amide bonds. The lowest BCUT2D eigenvalue weighted by molar-refractivity contribution is 0.407. The fourth-order valence-corrected chi connectivity index (χ4v) is 4.33. The second-order valence-electron chi connectivity index (χ2n) is 6.18. The van der Waals surface area contributed by atoms with Gasteiger partial charge in [0, 0.05) is 6.54 Å². The molecule has 0 aliphatic carbocycles. The minimum absolute atomic E-state index is 0.00380. The lowest BCUT2D eigenvalue weighted by Gasteiger charge is -2.17. The molecule has 0 spiro atoms. The van der Waals surface area contributed by atoms with Crippen LogP contribution in [0.15, 0.2) is 53.6 Å². The van der Waals surface area contributed by atoms with Crippen molar-refractivity contribution in [3.8, 4) is 11.8 Å². The fraction of sp³-hybridized carbons (Fsp3) is 0.211. The van der Waals surface area contributed by atoms with Crippen molar-refractivity contribution in [1.29, 1.82) is 0 Å². The Morgan fingerprint density at radius 1 is 1.17 bits per heavy atom. The minimum atomic E-state index is -3.84. The molecule has 1 aromatic heterocycles. The predicted molar refractivity (Wildman–Crippen MR) is 110 cm³/mol. The Kier molecular flexibility index (Phi) is 6.48. The molecular weight excluding hydrogens is 440 g/mol. The Bertz CT molecular complexity index is 1120. The molecule has 0 aliphatic rings. The van der Waals surface area contributed by atoms with Gasteiger partial charge in [-0.2, -0.15) is 0 Å². The van der Waals surface area contributed by atoms with Gasteiger partial charge in [0.2, 0.25) is 10.0 Å². The summed E-state index contributed by atoms with van der Waals surface area (Å²) in [5, 5.41) is 0.418. The minimum Gasteiger partial charge on any atom is -0.426 e. The molecule has 6 nitrogen and oxygen atoms in total. The number of sulfonamides is 1. The van der Waals surface area contributed by atoms with E-state index in [4.69, 9.17) is 27.9 Å². The van der Waals surface area contributed by atoms with Gasteiger partial charge in [-0.1, -0.05) is 23.2 Å². The number of benzene rings is 2. The summed E-state index contributed by atoms with van der Waals surface area (Å²) in [7, 11) is -3.84. The van der Waals surface area contributed by atoms with Crippen LogP contribution in [0.2, 0.25) is 10.0 Å². The van der Waals surface area contributed by atoms with Gasteiger partial charge >= 0.3 is 6.01 Å². The van der Waals surface area contributed by atoms with Crippen LogP contribution in [-0.2, 0) is 16.6 Å². The summed E-state index contributed by atoms with van der Waals surface area (Å²) in [6.45, 7) is 4.06. The number of hydrogen-bond donors (Lipinski definition) is 1. The SMILES string of the molecule is CCn1c(C(C)NS(=O)(=O)c2ccc(Cl)c(Cl)c2)cnc1Oc1ccc(F)cc1. The van der Waals surface area contributed by atoms with Crippen molar-refractivity contribution in [2.45, 2.75) is 31.3 Å². The lowest BCUT2D eigenvalue weighted by Crippen LogP contribution is -2.28. The number of nitrogens with one attached hydrogen (secondary N) is 1. The van der Waals surface area contributed by atoms with Crippen LogP contribution >= 0.6 is 23.2 Å². The average molecular weight is 458 g/mol. The van der Waals surface area contributed by atoms with Crippen LogP contribution in [0.25, 0.3) is 0 Å². The summed E-state index contributed by atoms with van der Waals surface area (Å²) >= 11 is 11.8. The number of hydrogen-bond acceptors (Lipinski definition) is 4. The zero-order valence-corrected chi connectivity index (χ0v) is 17.9. The van der Waals surface area contributed by atoms with Crippen molar-refractivity contribution in [2.75, 3.05) is 0 Å². The zero-order valence-electron chi connectivity index (χ0n) is 15.6. The maximum absolute atomic E-state index is 13.1. The van der Waals surface area contributed by atoms with Crippen molar-refractivity contribution in [3.05, 3.63) is 70.2 Å². The summed E-state index contributed by atoms with van der Waals surface area (Å²) in [6.07, 6.45) is 1.53. The van der Waals surface area contributed by atoms with Crippen LogP contribution in [0, 0.1) is 5.82 Å². The van der Waals surface area contributed by atoms with E-state index in [2.05, 4.69) is 9.71 Å². The van der Waals surface area contributed by atoms with Crippen molar-refractivity contribution >= 4 is 33.2 Å². The molecule has 1 unspecified atom stereocenters. The van der Waals surface area contributed by atoms with E-state index < -0.39 is 16.1 Å². The first kappa shape index (κ1) is 21.6. The highest BCUT2D eigenvalue weighted by atomic mass is 35.5. The summed E-state index contributed by atoms with van der Waals surface area (Å²) in [4.78, 5) is 4.23. The molecule has 0 fully saturated rings. The smallest absolute Gasteiger partial charge is 0.302 e. The molecule has 0 radical (unpaired) electrons. The number of halogens is 3. The molecule has 0 saturated heterocycles. The quantitative estimate of drug-likeness (QED) is 0.530. The van der Waals surface area contributed by atoms with Crippen LogP contribution in [-0.4, -0.2) is 18.0 Å². The van der Waals surface area contributed by atoms with Crippen molar-refractivity contribution < 1.29 is 17.5 Å². The third kappa shape index (κ3) is 4.90. The highest BCUT2D eigenvalue weighted by molar-refractivity contribution is 7.89. The first-order valence-electron chi connectivity index (χ1n) is 8.67. The molecule has 10 heteroatoms. The van der Waals surface area contributed by atoms with Gasteiger partial charge in [0.1, 0.15) is 11.6 Å². The fourth-order valence-electron chi connectivity index (χ4n) is 2.73. The van der Waals surface area contributed by atoms with Crippen molar-refractivity contribution in [2.24, 2.45) is 0 Å². The first-order chi connectivity index (χ1) is 13.7. The van der Waals surface area contributed by atoms with E-state index in [1.165, 1.54) is 48.7 Å². The zero-order chi connectivity index (χ0) is 21.2. The maximum atomic E-state index is 13.1. The van der Waals surface area contributed by atoms with Gasteiger partial charge in [-0.25, -0.2) is 22.5 Å². The lowest BCUT2D eigenvalue weighted by atomic mass is 10.3. The van der Waals surface area contributed by atoms with Gasteiger partial charge in [-0.15, -0.1) is 0 Å². The number of ether oxygens (including phenoxy) is 1. The summed E-state index contributed by atoms with van der Waals surface area (Å²) in [5.41, 5.74) is 0.605. The van der Waals surface area contributed by atoms with Gasteiger partial charge in [-0.05, 0) is 56.3 Å². The standard InChI is InChI=1S/C19H18Cl2FN3O3S/c1-3-25-18(11-23-19(25)28-14-6-4-13(22)5-7-14)12(2)24-29(26,27)15-8-9-16(20)17(21)10-15/h4-12,24H,3H2,1-2H3. The Balaban J connectivity index is 1.83. The molecule has 154 valence electrons. The average Bonchev–Trinajstić information content (AvgIpc) is 3.08. The molecule has 0 aliphatic heterocycles. The van der Waals surface area contributed by atoms with E-state index in [0.717, 1.165) is 0 Å². The number of aromatic nitrogens is 2.